The second-order valence-corrected chi connectivity index (χ2v) is 4.66. The van der Waals surface area contributed by atoms with Crippen molar-refractivity contribution >= 4 is 17.3 Å². The summed E-state index contributed by atoms with van der Waals surface area (Å²) >= 11 is 5.82. The van der Waals surface area contributed by atoms with Gasteiger partial charge in [0, 0.05) is 23.8 Å². The number of hydrogen-bond acceptors (Lipinski definition) is 3. The van der Waals surface area contributed by atoms with Gasteiger partial charge in [-0.15, -0.1) is 0 Å². The minimum atomic E-state index is 0.598. The van der Waals surface area contributed by atoms with Gasteiger partial charge in [-0.3, -0.25) is 4.68 Å². The van der Waals surface area contributed by atoms with Crippen LogP contribution in [0, 0.1) is 0 Å². The molecule has 1 aromatic heterocycles. The summed E-state index contributed by atoms with van der Waals surface area (Å²) in [6.45, 7) is 4.38. The number of aryl methyl sites for hydroxylation is 1. The predicted molar refractivity (Wildman–Crippen MR) is 78.0 cm³/mol. The zero-order chi connectivity index (χ0) is 13.5. The van der Waals surface area contributed by atoms with Crippen LogP contribution in [0.1, 0.15) is 13.3 Å². The van der Waals surface area contributed by atoms with Crippen LogP contribution in [0.5, 0.6) is 5.75 Å². The van der Waals surface area contributed by atoms with E-state index in [4.69, 9.17) is 16.3 Å². The number of benzene rings is 1. The van der Waals surface area contributed by atoms with Gasteiger partial charge in [0.15, 0.2) is 5.75 Å². The molecule has 0 unspecified atom stereocenters. The van der Waals surface area contributed by atoms with Crippen molar-refractivity contribution in [2.24, 2.45) is 0 Å². The second-order valence-electron chi connectivity index (χ2n) is 4.22. The number of hydrogen-bond donors (Lipinski definition) is 1. The van der Waals surface area contributed by atoms with Crippen molar-refractivity contribution in [2.75, 3.05) is 18.5 Å². The molecule has 0 spiro atoms. The average Bonchev–Trinajstić information content (AvgIpc) is 2.85. The van der Waals surface area contributed by atoms with Gasteiger partial charge >= 0.3 is 0 Å². The first-order valence-electron chi connectivity index (χ1n) is 6.42. The molecule has 1 heterocycles. The smallest absolute Gasteiger partial charge is 0.157 e. The van der Waals surface area contributed by atoms with Crippen LogP contribution < -0.4 is 10.1 Å². The Hall–Kier alpha value is -1.68. The zero-order valence-electron chi connectivity index (χ0n) is 11.0. The number of aromatic nitrogens is 2. The highest BCUT2D eigenvalue weighted by atomic mass is 35.5. The van der Waals surface area contributed by atoms with Crippen molar-refractivity contribution in [3.05, 3.63) is 41.7 Å². The number of rotatable bonds is 7. The quantitative estimate of drug-likeness (QED) is 0.789. The van der Waals surface area contributed by atoms with E-state index in [9.17, 15) is 0 Å². The van der Waals surface area contributed by atoms with Gasteiger partial charge in [-0.25, -0.2) is 0 Å². The Morgan fingerprint density at radius 3 is 2.84 bits per heavy atom. The molecular formula is C14H18ClN3O. The van der Waals surface area contributed by atoms with Gasteiger partial charge < -0.3 is 10.1 Å². The van der Waals surface area contributed by atoms with Crippen molar-refractivity contribution < 1.29 is 4.74 Å². The van der Waals surface area contributed by atoms with E-state index < -0.39 is 0 Å². The molecule has 4 nitrogen and oxygen atoms in total. The Labute approximate surface area is 118 Å². The number of halogens is 1. The van der Waals surface area contributed by atoms with Crippen LogP contribution in [0.15, 0.2) is 36.7 Å². The Kier molecular flexibility index (Phi) is 5.10. The number of ether oxygens (including phenoxy) is 1. The van der Waals surface area contributed by atoms with Crippen molar-refractivity contribution in [1.29, 1.82) is 0 Å². The summed E-state index contributed by atoms with van der Waals surface area (Å²) in [5.41, 5.74) is 1.04. The van der Waals surface area contributed by atoms with Crippen LogP contribution in [-0.2, 0) is 6.54 Å². The van der Waals surface area contributed by atoms with Crippen molar-refractivity contribution in [1.82, 2.24) is 9.78 Å². The van der Waals surface area contributed by atoms with Gasteiger partial charge in [0.25, 0.3) is 0 Å². The summed E-state index contributed by atoms with van der Waals surface area (Å²) in [5.74, 6) is 0.811. The fourth-order valence-electron chi connectivity index (χ4n) is 1.70. The van der Waals surface area contributed by atoms with E-state index in [1.165, 1.54) is 0 Å². The molecule has 0 amide bonds. The highest BCUT2D eigenvalue weighted by molar-refractivity contribution is 6.30. The predicted octanol–water partition coefficient (Wildman–Crippen LogP) is 3.44. The van der Waals surface area contributed by atoms with Crippen molar-refractivity contribution in [2.45, 2.75) is 19.9 Å². The summed E-state index contributed by atoms with van der Waals surface area (Å²) in [6, 6.07) is 7.61. The van der Waals surface area contributed by atoms with Gasteiger partial charge in [0.2, 0.25) is 0 Å². The lowest BCUT2D eigenvalue weighted by Crippen LogP contribution is -2.11. The normalized spacial score (nSPS) is 10.4. The second kappa shape index (κ2) is 7.04. The molecule has 2 aromatic rings. The minimum Gasteiger partial charge on any atom is -0.488 e. The molecule has 1 N–H and O–H groups in total. The van der Waals surface area contributed by atoms with Crippen molar-refractivity contribution in [3.8, 4) is 5.75 Å². The molecule has 0 aliphatic rings. The minimum absolute atomic E-state index is 0.598. The maximum Gasteiger partial charge on any atom is 0.157 e. The summed E-state index contributed by atoms with van der Waals surface area (Å²) in [7, 11) is 0. The van der Waals surface area contributed by atoms with Crippen LogP contribution in [0.3, 0.4) is 0 Å². The van der Waals surface area contributed by atoms with E-state index in [1.807, 2.05) is 35.1 Å². The Morgan fingerprint density at radius 2 is 2.11 bits per heavy atom. The van der Waals surface area contributed by atoms with Gasteiger partial charge in [0.1, 0.15) is 6.61 Å². The average molecular weight is 280 g/mol. The van der Waals surface area contributed by atoms with E-state index in [2.05, 4.69) is 17.3 Å². The van der Waals surface area contributed by atoms with Crippen LogP contribution >= 0.6 is 11.6 Å². The van der Waals surface area contributed by atoms with E-state index in [-0.39, 0.29) is 0 Å². The third kappa shape index (κ3) is 4.48. The van der Waals surface area contributed by atoms with Crippen LogP contribution in [0.2, 0.25) is 5.02 Å². The van der Waals surface area contributed by atoms with Gasteiger partial charge in [-0.05, 0) is 30.7 Å². The third-order valence-corrected chi connectivity index (χ3v) is 2.86. The lowest BCUT2D eigenvalue weighted by atomic mass is 10.3. The molecule has 0 bridgehead atoms. The number of anilines is 1. The maximum atomic E-state index is 5.82. The highest BCUT2D eigenvalue weighted by Gasteiger charge is 1.98. The Balaban J connectivity index is 1.69. The van der Waals surface area contributed by atoms with Gasteiger partial charge in [-0.1, -0.05) is 18.5 Å². The summed E-state index contributed by atoms with van der Waals surface area (Å²) in [4.78, 5) is 0. The molecule has 0 saturated carbocycles. The monoisotopic (exact) mass is 279 g/mol. The molecular weight excluding hydrogens is 262 g/mol. The maximum absolute atomic E-state index is 5.82. The van der Waals surface area contributed by atoms with E-state index >= 15 is 0 Å². The zero-order valence-corrected chi connectivity index (χ0v) is 11.7. The molecule has 0 saturated heterocycles. The molecule has 2 rings (SSSR count). The molecule has 0 fully saturated rings. The van der Waals surface area contributed by atoms with Gasteiger partial charge in [0.05, 0.1) is 12.4 Å². The molecule has 0 aliphatic heterocycles. The lowest BCUT2D eigenvalue weighted by molar-refractivity contribution is 0.332. The molecule has 1 aromatic carbocycles. The van der Waals surface area contributed by atoms with Crippen LogP contribution in [0.25, 0.3) is 0 Å². The first-order valence-corrected chi connectivity index (χ1v) is 6.80. The van der Waals surface area contributed by atoms with Gasteiger partial charge in [-0.2, -0.15) is 5.10 Å². The lowest BCUT2D eigenvalue weighted by Gasteiger charge is -2.07. The summed E-state index contributed by atoms with van der Waals surface area (Å²) in [5, 5.41) is 8.21. The number of nitrogens with one attached hydrogen (secondary N) is 1. The highest BCUT2D eigenvalue weighted by Crippen LogP contribution is 2.13. The molecule has 5 heteroatoms. The topological polar surface area (TPSA) is 39.1 Å². The largest absolute Gasteiger partial charge is 0.488 e. The van der Waals surface area contributed by atoms with Crippen LogP contribution in [0.4, 0.5) is 5.69 Å². The molecule has 0 aliphatic carbocycles. The van der Waals surface area contributed by atoms with E-state index in [1.54, 1.807) is 6.20 Å². The fraction of sp³-hybridized carbons (Fsp3) is 0.357. The first kappa shape index (κ1) is 13.7. The summed E-state index contributed by atoms with van der Waals surface area (Å²) < 4.78 is 7.50. The van der Waals surface area contributed by atoms with E-state index in [0.29, 0.717) is 6.61 Å². The third-order valence-electron chi connectivity index (χ3n) is 2.61. The van der Waals surface area contributed by atoms with Crippen LogP contribution in [-0.4, -0.2) is 22.9 Å². The molecule has 19 heavy (non-hydrogen) atoms. The first-order chi connectivity index (χ1) is 9.28. The number of nitrogens with zero attached hydrogens (tertiary/aromatic N) is 2. The van der Waals surface area contributed by atoms with E-state index in [0.717, 1.165) is 36.0 Å². The SMILES string of the molecule is CCCn1cc(OCCNc2ccc(Cl)cc2)cn1. The molecule has 102 valence electrons. The fourth-order valence-corrected chi connectivity index (χ4v) is 1.83. The molecule has 0 radical (unpaired) electrons. The molecule has 0 atom stereocenters. The Bertz CT molecular complexity index is 496. The Morgan fingerprint density at radius 1 is 1.32 bits per heavy atom. The summed E-state index contributed by atoms with van der Waals surface area (Å²) in [6.07, 6.45) is 4.74. The standard InChI is InChI=1S/C14H18ClN3O/c1-2-8-18-11-14(10-17-18)19-9-7-16-13-5-3-12(15)4-6-13/h3-6,10-11,16H,2,7-9H2,1H3. The van der Waals surface area contributed by atoms with Crippen molar-refractivity contribution in [3.63, 3.8) is 0 Å².